The first-order valence-electron chi connectivity index (χ1n) is 11.8. The average molecular weight is 571 g/mol. The van der Waals surface area contributed by atoms with Gasteiger partial charge >= 0.3 is 0 Å². The second-order valence-electron chi connectivity index (χ2n) is 8.94. The highest BCUT2D eigenvalue weighted by Crippen LogP contribution is 2.36. The maximum Gasteiger partial charge on any atom is 0.287 e. The van der Waals surface area contributed by atoms with Gasteiger partial charge in [0.2, 0.25) is 11.7 Å². The molecule has 3 amide bonds. The van der Waals surface area contributed by atoms with Gasteiger partial charge in [0.15, 0.2) is 5.82 Å². The van der Waals surface area contributed by atoms with Crippen LogP contribution < -0.4 is 16.0 Å². The van der Waals surface area contributed by atoms with Crippen molar-refractivity contribution in [3.63, 3.8) is 0 Å². The van der Waals surface area contributed by atoms with Crippen molar-refractivity contribution in [2.45, 2.75) is 25.0 Å². The highest BCUT2D eigenvalue weighted by molar-refractivity contribution is 7.99. The Hall–Kier alpha value is -3.48. The Morgan fingerprint density at radius 3 is 2.84 bits per heavy atom. The summed E-state index contributed by atoms with van der Waals surface area (Å²) in [5.74, 6) is -0.190. The zero-order valence-electron chi connectivity index (χ0n) is 19.7. The predicted molar refractivity (Wildman–Crippen MR) is 144 cm³/mol. The molecule has 0 bridgehead atoms. The number of fused-ring (bicyclic) bond motifs is 2. The molecule has 1 fully saturated rings. The Morgan fingerprint density at radius 1 is 1.18 bits per heavy atom. The standard InChI is InChI=1S/C25H20ClFN6O3S2/c26-16-6-5-12(27)9-15(16)19-21-22(31-24(35)20-14-3-1-2-4-17(14)38-32-20)30-23(33(21)10-18(34)29-19)25(36)28-13-7-8-37-11-13/h1-6,9,13,19H,7-8,10-11H2,(H,28,36)(H,29,34)(H,31,35). The van der Waals surface area contributed by atoms with E-state index < -0.39 is 29.6 Å². The second-order valence-corrected chi connectivity index (χ2v) is 11.3. The number of anilines is 1. The van der Waals surface area contributed by atoms with Crippen LogP contribution in [0.25, 0.3) is 10.1 Å². The van der Waals surface area contributed by atoms with Crippen LogP contribution in [-0.4, -0.2) is 49.2 Å². The van der Waals surface area contributed by atoms with Crippen LogP contribution in [0.4, 0.5) is 10.2 Å². The van der Waals surface area contributed by atoms with Gasteiger partial charge in [0.05, 0.1) is 16.4 Å². The Kier molecular flexibility index (Phi) is 6.54. The maximum atomic E-state index is 14.2. The number of carbonyl (C=O) groups excluding carboxylic acids is 3. The molecule has 0 radical (unpaired) electrons. The third kappa shape index (κ3) is 4.52. The van der Waals surface area contributed by atoms with Crippen LogP contribution in [0, 0.1) is 5.82 Å². The van der Waals surface area contributed by atoms with E-state index in [0.29, 0.717) is 11.1 Å². The van der Waals surface area contributed by atoms with Crippen LogP contribution in [0.2, 0.25) is 5.02 Å². The van der Waals surface area contributed by atoms with Crippen LogP contribution in [0.3, 0.4) is 0 Å². The largest absolute Gasteiger partial charge is 0.346 e. The number of rotatable bonds is 5. The number of aromatic nitrogens is 3. The third-order valence-corrected chi connectivity index (χ3v) is 8.78. The van der Waals surface area contributed by atoms with Gasteiger partial charge in [0, 0.05) is 27.8 Å². The molecule has 2 aliphatic rings. The average Bonchev–Trinajstić information content (AvgIpc) is 3.64. The lowest BCUT2D eigenvalue weighted by Gasteiger charge is -2.28. The molecule has 0 spiro atoms. The third-order valence-electron chi connectivity index (χ3n) is 6.45. The number of halogens is 2. The van der Waals surface area contributed by atoms with Gasteiger partial charge in [0.25, 0.3) is 11.8 Å². The van der Waals surface area contributed by atoms with E-state index in [1.165, 1.54) is 34.3 Å². The molecule has 2 unspecified atom stereocenters. The Labute approximate surface area is 229 Å². The molecule has 2 aromatic carbocycles. The number of carbonyl (C=O) groups is 3. The molecule has 38 heavy (non-hydrogen) atoms. The van der Waals surface area contributed by atoms with Gasteiger partial charge in [-0.1, -0.05) is 29.8 Å². The van der Waals surface area contributed by atoms with Crippen molar-refractivity contribution < 1.29 is 18.8 Å². The fourth-order valence-corrected chi connectivity index (χ4v) is 6.83. The minimum Gasteiger partial charge on any atom is -0.346 e. The van der Waals surface area contributed by atoms with Crippen LogP contribution >= 0.6 is 34.9 Å². The molecule has 4 aromatic rings. The number of benzene rings is 2. The van der Waals surface area contributed by atoms with Gasteiger partial charge < -0.3 is 20.5 Å². The summed E-state index contributed by atoms with van der Waals surface area (Å²) in [6.07, 6.45) is 0.826. The van der Waals surface area contributed by atoms with Crippen molar-refractivity contribution in [1.82, 2.24) is 24.6 Å². The smallest absolute Gasteiger partial charge is 0.287 e. The van der Waals surface area contributed by atoms with Crippen molar-refractivity contribution in [2.24, 2.45) is 0 Å². The van der Waals surface area contributed by atoms with Crippen molar-refractivity contribution in [1.29, 1.82) is 0 Å². The fourth-order valence-electron chi connectivity index (χ4n) is 4.68. The van der Waals surface area contributed by atoms with Gasteiger partial charge in [-0.3, -0.25) is 14.4 Å². The van der Waals surface area contributed by atoms with Gasteiger partial charge in [-0.05, 0) is 48.0 Å². The van der Waals surface area contributed by atoms with Crippen molar-refractivity contribution in [3.8, 4) is 0 Å². The quantitative estimate of drug-likeness (QED) is 0.334. The Balaban J connectivity index is 1.45. The number of nitrogens with zero attached hydrogens (tertiary/aromatic N) is 3. The first-order valence-corrected chi connectivity index (χ1v) is 14.1. The molecule has 194 valence electrons. The summed E-state index contributed by atoms with van der Waals surface area (Å²) >= 11 is 9.34. The summed E-state index contributed by atoms with van der Waals surface area (Å²) in [4.78, 5) is 43.9. The zero-order valence-corrected chi connectivity index (χ0v) is 22.1. The number of hydrogen-bond donors (Lipinski definition) is 3. The first kappa shape index (κ1) is 24.8. The minimum absolute atomic E-state index is 0.0225. The summed E-state index contributed by atoms with van der Waals surface area (Å²) in [6.45, 7) is -0.205. The fraction of sp³-hybridized carbons (Fsp3) is 0.240. The maximum absolute atomic E-state index is 14.2. The zero-order chi connectivity index (χ0) is 26.4. The number of amides is 3. The molecule has 3 N–H and O–H groups in total. The second kappa shape index (κ2) is 10.0. The summed E-state index contributed by atoms with van der Waals surface area (Å²) in [5, 5.41) is 9.45. The van der Waals surface area contributed by atoms with Crippen LogP contribution in [0.5, 0.6) is 0 Å². The van der Waals surface area contributed by atoms with Gasteiger partial charge in [0.1, 0.15) is 18.1 Å². The van der Waals surface area contributed by atoms with E-state index in [0.717, 1.165) is 22.6 Å². The monoisotopic (exact) mass is 570 g/mol. The molecule has 2 atom stereocenters. The first-order chi connectivity index (χ1) is 18.4. The van der Waals surface area contributed by atoms with E-state index in [-0.39, 0.29) is 40.5 Å². The van der Waals surface area contributed by atoms with E-state index in [9.17, 15) is 18.8 Å². The van der Waals surface area contributed by atoms with E-state index >= 15 is 0 Å². The van der Waals surface area contributed by atoms with Crippen molar-refractivity contribution in [3.05, 3.63) is 76.1 Å². The van der Waals surface area contributed by atoms with Crippen LogP contribution in [0.15, 0.2) is 42.5 Å². The van der Waals surface area contributed by atoms with Gasteiger partial charge in [-0.15, -0.1) is 0 Å². The van der Waals surface area contributed by atoms with E-state index in [4.69, 9.17) is 11.6 Å². The molecule has 0 aliphatic carbocycles. The topological polar surface area (TPSA) is 118 Å². The number of thioether (sulfide) groups is 1. The van der Waals surface area contributed by atoms with E-state index in [2.05, 4.69) is 25.3 Å². The molecule has 2 aromatic heterocycles. The summed E-state index contributed by atoms with van der Waals surface area (Å²) in [6, 6.07) is 10.2. The lowest BCUT2D eigenvalue weighted by atomic mass is 10.0. The SMILES string of the molecule is O=C1Cn2c(C(=O)NC3CCSC3)nc(NC(=O)c3nsc4ccccc34)c2C(c2cc(F)ccc2Cl)N1. The van der Waals surface area contributed by atoms with E-state index in [1.54, 1.807) is 17.8 Å². The lowest BCUT2D eigenvalue weighted by Crippen LogP contribution is -2.42. The number of imidazole rings is 1. The lowest BCUT2D eigenvalue weighted by molar-refractivity contribution is -0.123. The number of nitrogens with one attached hydrogen (secondary N) is 3. The molecule has 9 nitrogen and oxygen atoms in total. The highest BCUT2D eigenvalue weighted by atomic mass is 35.5. The molecule has 0 saturated carbocycles. The molecular weight excluding hydrogens is 551 g/mol. The van der Waals surface area contributed by atoms with Gasteiger partial charge in [-0.25, -0.2) is 9.37 Å². The van der Waals surface area contributed by atoms with Gasteiger partial charge in [-0.2, -0.15) is 16.1 Å². The molecule has 6 rings (SSSR count). The van der Waals surface area contributed by atoms with Crippen molar-refractivity contribution >= 4 is 68.5 Å². The normalized spacial score (nSPS) is 18.7. The Bertz CT molecular complexity index is 1600. The summed E-state index contributed by atoms with van der Waals surface area (Å²) < 4.78 is 20.8. The minimum atomic E-state index is -0.960. The summed E-state index contributed by atoms with van der Waals surface area (Å²) in [5.41, 5.74) is 0.798. The molecular formula is C25H20ClFN6O3S2. The molecule has 1 saturated heterocycles. The molecule has 13 heteroatoms. The predicted octanol–water partition coefficient (Wildman–Crippen LogP) is 3.99. The highest BCUT2D eigenvalue weighted by Gasteiger charge is 2.36. The van der Waals surface area contributed by atoms with Crippen LogP contribution in [-0.2, 0) is 11.3 Å². The summed E-state index contributed by atoms with van der Waals surface area (Å²) in [7, 11) is 0. The van der Waals surface area contributed by atoms with Crippen molar-refractivity contribution in [2.75, 3.05) is 16.8 Å². The van der Waals surface area contributed by atoms with E-state index in [1.807, 2.05) is 18.2 Å². The number of hydrogen-bond acceptors (Lipinski definition) is 7. The Morgan fingerprint density at radius 2 is 2.03 bits per heavy atom. The molecule has 4 heterocycles. The molecule has 2 aliphatic heterocycles. The van der Waals surface area contributed by atoms with Crippen LogP contribution in [0.1, 0.15) is 44.8 Å².